The molecule has 0 radical (unpaired) electrons. The van der Waals surface area contributed by atoms with Gasteiger partial charge in [0.15, 0.2) is 0 Å². The summed E-state index contributed by atoms with van der Waals surface area (Å²) in [4.78, 5) is 0. The lowest BCUT2D eigenvalue weighted by molar-refractivity contribution is 0.687. The first-order valence-corrected chi connectivity index (χ1v) is 6.21. The molecular weight excluding hydrogens is 220 g/mol. The lowest BCUT2D eigenvalue weighted by atomic mass is 9.94. The van der Waals surface area contributed by atoms with E-state index < -0.39 is 0 Å². The molecule has 0 saturated heterocycles. The van der Waals surface area contributed by atoms with Gasteiger partial charge in [0.25, 0.3) is 0 Å². The molecule has 18 heavy (non-hydrogen) atoms. The first-order valence-electron chi connectivity index (χ1n) is 6.21. The third kappa shape index (κ3) is 2.54. The van der Waals surface area contributed by atoms with Crippen LogP contribution < -0.4 is 11.1 Å². The molecule has 0 saturated carbocycles. The van der Waals surface area contributed by atoms with E-state index in [1.54, 1.807) is 0 Å². The highest BCUT2D eigenvalue weighted by molar-refractivity contribution is 5.46. The van der Waals surface area contributed by atoms with Gasteiger partial charge in [0, 0.05) is 5.69 Å². The lowest BCUT2D eigenvalue weighted by Gasteiger charge is -2.20. The van der Waals surface area contributed by atoms with E-state index in [-0.39, 0.29) is 6.04 Å². The van der Waals surface area contributed by atoms with Crippen molar-refractivity contribution >= 4 is 5.69 Å². The molecule has 0 amide bonds. The molecule has 94 valence electrons. The molecule has 1 atom stereocenters. The predicted octanol–water partition coefficient (Wildman–Crippen LogP) is 3.19. The standard InChI is InChI=1S/C16H20N2/c1-11-7-8-15(12(2)9-11)16(18-3)13-5-4-6-14(17)10-13/h4-10,16,18H,17H2,1-3H3. The molecule has 0 aliphatic carbocycles. The molecule has 1 unspecified atom stereocenters. The van der Waals surface area contributed by atoms with Gasteiger partial charge in [0.1, 0.15) is 0 Å². The average molecular weight is 240 g/mol. The quantitative estimate of drug-likeness (QED) is 0.809. The third-order valence-electron chi connectivity index (χ3n) is 3.27. The van der Waals surface area contributed by atoms with Crippen molar-refractivity contribution in [3.63, 3.8) is 0 Å². The molecule has 0 aromatic heterocycles. The van der Waals surface area contributed by atoms with Crippen molar-refractivity contribution in [1.82, 2.24) is 5.32 Å². The molecule has 2 rings (SSSR count). The zero-order valence-corrected chi connectivity index (χ0v) is 11.2. The Hall–Kier alpha value is -1.80. The monoisotopic (exact) mass is 240 g/mol. The maximum atomic E-state index is 5.86. The number of hydrogen-bond donors (Lipinski definition) is 2. The molecule has 0 aliphatic heterocycles. The summed E-state index contributed by atoms with van der Waals surface area (Å²) < 4.78 is 0. The molecule has 2 aromatic rings. The Kier molecular flexibility index (Phi) is 3.68. The normalized spacial score (nSPS) is 12.4. The number of aryl methyl sites for hydroxylation is 2. The first-order chi connectivity index (χ1) is 8.61. The van der Waals surface area contributed by atoms with Crippen molar-refractivity contribution in [2.75, 3.05) is 12.8 Å². The van der Waals surface area contributed by atoms with Gasteiger partial charge in [-0.05, 0) is 49.7 Å². The summed E-state index contributed by atoms with van der Waals surface area (Å²) in [6, 6.07) is 14.8. The van der Waals surface area contributed by atoms with Gasteiger partial charge >= 0.3 is 0 Å². The molecule has 2 aromatic carbocycles. The Morgan fingerprint density at radius 1 is 1.06 bits per heavy atom. The van der Waals surface area contributed by atoms with Crippen molar-refractivity contribution < 1.29 is 0 Å². The van der Waals surface area contributed by atoms with E-state index in [1.165, 1.54) is 22.3 Å². The van der Waals surface area contributed by atoms with E-state index in [9.17, 15) is 0 Å². The Morgan fingerprint density at radius 2 is 1.83 bits per heavy atom. The summed E-state index contributed by atoms with van der Waals surface area (Å²) in [5.41, 5.74) is 11.8. The molecule has 0 heterocycles. The molecule has 2 nitrogen and oxygen atoms in total. The van der Waals surface area contributed by atoms with Crippen molar-refractivity contribution in [3.05, 3.63) is 64.7 Å². The van der Waals surface area contributed by atoms with E-state index >= 15 is 0 Å². The summed E-state index contributed by atoms with van der Waals surface area (Å²) in [6.07, 6.45) is 0. The second-order valence-corrected chi connectivity index (χ2v) is 4.75. The van der Waals surface area contributed by atoms with Crippen LogP contribution in [0.1, 0.15) is 28.3 Å². The highest BCUT2D eigenvalue weighted by Crippen LogP contribution is 2.26. The molecule has 0 fully saturated rings. The van der Waals surface area contributed by atoms with Crippen molar-refractivity contribution in [2.24, 2.45) is 0 Å². The topological polar surface area (TPSA) is 38.0 Å². The maximum absolute atomic E-state index is 5.86. The smallest absolute Gasteiger partial charge is 0.0577 e. The van der Waals surface area contributed by atoms with Crippen molar-refractivity contribution in [2.45, 2.75) is 19.9 Å². The summed E-state index contributed by atoms with van der Waals surface area (Å²) in [5, 5.41) is 3.37. The number of hydrogen-bond acceptors (Lipinski definition) is 2. The Bertz CT molecular complexity index is 547. The van der Waals surface area contributed by atoms with Crippen LogP contribution >= 0.6 is 0 Å². The number of anilines is 1. The predicted molar refractivity (Wildman–Crippen MR) is 77.7 cm³/mol. The highest BCUT2D eigenvalue weighted by atomic mass is 14.9. The fourth-order valence-electron chi connectivity index (χ4n) is 2.39. The third-order valence-corrected chi connectivity index (χ3v) is 3.27. The van der Waals surface area contributed by atoms with Crippen LogP contribution in [0.25, 0.3) is 0 Å². The van der Waals surface area contributed by atoms with Crippen LogP contribution in [-0.4, -0.2) is 7.05 Å². The fraction of sp³-hybridized carbons (Fsp3) is 0.250. The Balaban J connectivity index is 2.45. The van der Waals surface area contributed by atoms with Crippen molar-refractivity contribution in [3.8, 4) is 0 Å². The van der Waals surface area contributed by atoms with Gasteiger partial charge in [-0.3, -0.25) is 0 Å². The first kappa shape index (κ1) is 12.7. The lowest BCUT2D eigenvalue weighted by Crippen LogP contribution is -2.18. The summed E-state index contributed by atoms with van der Waals surface area (Å²) in [5.74, 6) is 0. The minimum Gasteiger partial charge on any atom is -0.399 e. The van der Waals surface area contributed by atoms with Crippen LogP contribution in [0, 0.1) is 13.8 Å². The van der Waals surface area contributed by atoms with Gasteiger partial charge in [0.2, 0.25) is 0 Å². The van der Waals surface area contributed by atoms with Crippen LogP contribution in [0.15, 0.2) is 42.5 Å². The Labute approximate surface area is 109 Å². The van der Waals surface area contributed by atoms with Gasteiger partial charge < -0.3 is 11.1 Å². The van der Waals surface area contributed by atoms with Crippen LogP contribution in [0.4, 0.5) is 5.69 Å². The number of benzene rings is 2. The minimum absolute atomic E-state index is 0.189. The number of nitrogens with two attached hydrogens (primary N) is 1. The van der Waals surface area contributed by atoms with E-state index in [1.807, 2.05) is 25.2 Å². The molecule has 0 spiro atoms. The van der Waals surface area contributed by atoms with Gasteiger partial charge in [-0.2, -0.15) is 0 Å². The minimum atomic E-state index is 0.189. The largest absolute Gasteiger partial charge is 0.399 e. The van der Waals surface area contributed by atoms with E-state index in [2.05, 4.69) is 43.4 Å². The number of rotatable bonds is 3. The fourth-order valence-corrected chi connectivity index (χ4v) is 2.39. The van der Waals surface area contributed by atoms with E-state index in [0.29, 0.717) is 0 Å². The SMILES string of the molecule is CNC(c1cccc(N)c1)c1ccc(C)cc1C. The summed E-state index contributed by atoms with van der Waals surface area (Å²) >= 11 is 0. The van der Waals surface area contributed by atoms with Gasteiger partial charge in [0.05, 0.1) is 6.04 Å². The molecule has 0 bridgehead atoms. The van der Waals surface area contributed by atoms with Crippen molar-refractivity contribution in [1.29, 1.82) is 0 Å². The molecule has 0 aliphatic rings. The Morgan fingerprint density at radius 3 is 2.44 bits per heavy atom. The van der Waals surface area contributed by atoms with E-state index in [4.69, 9.17) is 5.73 Å². The van der Waals surface area contributed by atoms with Gasteiger partial charge in [-0.15, -0.1) is 0 Å². The second kappa shape index (κ2) is 5.23. The van der Waals surface area contributed by atoms with Gasteiger partial charge in [-0.25, -0.2) is 0 Å². The maximum Gasteiger partial charge on any atom is 0.0577 e. The van der Waals surface area contributed by atoms with Crippen LogP contribution in [-0.2, 0) is 0 Å². The number of nitrogen functional groups attached to an aromatic ring is 1. The molecular formula is C16H20N2. The van der Waals surface area contributed by atoms with Crippen LogP contribution in [0.3, 0.4) is 0 Å². The summed E-state index contributed by atoms with van der Waals surface area (Å²) in [7, 11) is 1.98. The van der Waals surface area contributed by atoms with E-state index in [0.717, 1.165) is 5.69 Å². The number of nitrogens with one attached hydrogen (secondary N) is 1. The van der Waals surface area contributed by atoms with Crippen LogP contribution in [0.2, 0.25) is 0 Å². The molecule has 2 heteroatoms. The van der Waals surface area contributed by atoms with Crippen LogP contribution in [0.5, 0.6) is 0 Å². The summed E-state index contributed by atoms with van der Waals surface area (Å²) in [6.45, 7) is 4.27. The zero-order valence-electron chi connectivity index (χ0n) is 11.2. The zero-order chi connectivity index (χ0) is 13.1. The second-order valence-electron chi connectivity index (χ2n) is 4.75. The average Bonchev–Trinajstić information content (AvgIpc) is 2.33. The van der Waals surface area contributed by atoms with Gasteiger partial charge in [-0.1, -0.05) is 35.9 Å². The highest BCUT2D eigenvalue weighted by Gasteiger charge is 2.14. The molecule has 3 N–H and O–H groups in total.